The number of aryl methyl sites for hydroxylation is 1. The molecule has 0 spiro atoms. The first-order chi connectivity index (χ1) is 8.75. The van der Waals surface area contributed by atoms with Gasteiger partial charge in [-0.05, 0) is 31.2 Å². The van der Waals surface area contributed by atoms with Crippen molar-refractivity contribution >= 4 is 29.0 Å². The van der Waals surface area contributed by atoms with Crippen molar-refractivity contribution in [2.24, 2.45) is 0 Å². The highest BCUT2D eigenvalue weighted by Gasteiger charge is 2.33. The minimum absolute atomic E-state index is 0.0129. The van der Waals surface area contributed by atoms with Gasteiger partial charge in [0.05, 0.1) is 6.26 Å². The maximum absolute atomic E-state index is 12.3. The highest BCUT2D eigenvalue weighted by atomic mass is 32.2. The summed E-state index contributed by atoms with van der Waals surface area (Å²) in [6.07, 6.45) is 1.54. The number of hydrogen-bond acceptors (Lipinski definition) is 4. The van der Waals surface area contributed by atoms with E-state index in [0.717, 1.165) is 12.3 Å². The molecular formula is C13H13NO2S2. The summed E-state index contributed by atoms with van der Waals surface area (Å²) < 4.78 is 5.20. The van der Waals surface area contributed by atoms with Gasteiger partial charge in [-0.2, -0.15) is 0 Å². The molecule has 1 amide bonds. The van der Waals surface area contributed by atoms with E-state index in [0.29, 0.717) is 5.76 Å². The third-order valence-corrected chi connectivity index (χ3v) is 5.33. The largest absolute Gasteiger partial charge is 0.459 e. The number of thioether (sulfide) groups is 1. The van der Waals surface area contributed by atoms with Gasteiger partial charge in [0.2, 0.25) is 0 Å². The van der Waals surface area contributed by atoms with Crippen LogP contribution < -0.4 is 0 Å². The van der Waals surface area contributed by atoms with Gasteiger partial charge in [-0.3, -0.25) is 4.79 Å². The van der Waals surface area contributed by atoms with Crippen LogP contribution in [0, 0.1) is 6.92 Å². The minimum atomic E-state index is -0.0129. The van der Waals surface area contributed by atoms with Gasteiger partial charge in [0.15, 0.2) is 5.76 Å². The number of thiophene rings is 1. The molecule has 0 aromatic carbocycles. The second kappa shape index (κ2) is 4.82. The molecule has 0 aliphatic carbocycles. The van der Waals surface area contributed by atoms with E-state index in [4.69, 9.17) is 4.42 Å². The van der Waals surface area contributed by atoms with Crippen LogP contribution in [0.25, 0.3) is 0 Å². The van der Waals surface area contributed by atoms with E-state index in [9.17, 15) is 4.79 Å². The van der Waals surface area contributed by atoms with Crippen LogP contribution in [-0.2, 0) is 0 Å². The van der Waals surface area contributed by atoms with E-state index >= 15 is 0 Å². The Morgan fingerprint density at radius 3 is 3.00 bits per heavy atom. The number of furan rings is 1. The number of rotatable bonds is 2. The van der Waals surface area contributed by atoms with Crippen LogP contribution in [0.2, 0.25) is 0 Å². The Morgan fingerprint density at radius 2 is 2.33 bits per heavy atom. The maximum Gasteiger partial charge on any atom is 0.290 e. The van der Waals surface area contributed by atoms with Crippen LogP contribution in [0.5, 0.6) is 0 Å². The molecule has 1 aliphatic rings. The van der Waals surface area contributed by atoms with E-state index in [-0.39, 0.29) is 11.3 Å². The van der Waals surface area contributed by atoms with Crippen molar-refractivity contribution in [1.29, 1.82) is 0 Å². The lowest BCUT2D eigenvalue weighted by atomic mass is 10.3. The number of carbonyl (C=O) groups is 1. The number of nitrogens with zero attached hydrogens (tertiary/aromatic N) is 1. The molecule has 94 valence electrons. The predicted octanol–water partition coefficient (Wildman–Crippen LogP) is 3.54. The van der Waals surface area contributed by atoms with E-state index in [1.54, 1.807) is 29.7 Å². The number of amides is 1. The molecule has 0 saturated carbocycles. The summed E-state index contributed by atoms with van der Waals surface area (Å²) in [6, 6.07) is 7.70. The lowest BCUT2D eigenvalue weighted by Crippen LogP contribution is -2.29. The normalized spacial score (nSPS) is 19.4. The fourth-order valence-corrected chi connectivity index (χ4v) is 4.41. The molecule has 1 saturated heterocycles. The lowest BCUT2D eigenvalue weighted by molar-refractivity contribution is 0.0730. The SMILES string of the molecule is Cc1ccc([C@H]2SCCN2C(=O)c2ccco2)s1. The fourth-order valence-electron chi connectivity index (χ4n) is 2.04. The second-order valence-electron chi connectivity index (χ2n) is 4.15. The Kier molecular flexibility index (Phi) is 3.18. The molecule has 1 aliphatic heterocycles. The predicted molar refractivity (Wildman–Crippen MR) is 74.0 cm³/mol. The zero-order chi connectivity index (χ0) is 12.5. The molecule has 5 heteroatoms. The second-order valence-corrected chi connectivity index (χ2v) is 6.65. The van der Waals surface area contributed by atoms with Crippen LogP contribution in [-0.4, -0.2) is 23.1 Å². The zero-order valence-corrected chi connectivity index (χ0v) is 11.6. The topological polar surface area (TPSA) is 33.5 Å². The molecule has 3 rings (SSSR count). The lowest BCUT2D eigenvalue weighted by Gasteiger charge is -2.21. The molecular weight excluding hydrogens is 266 g/mol. The zero-order valence-electron chi connectivity index (χ0n) is 9.96. The van der Waals surface area contributed by atoms with Gasteiger partial charge in [-0.1, -0.05) is 0 Å². The van der Waals surface area contributed by atoms with Crippen LogP contribution in [0.4, 0.5) is 0 Å². The van der Waals surface area contributed by atoms with E-state index in [1.165, 1.54) is 9.75 Å². The van der Waals surface area contributed by atoms with Crippen molar-refractivity contribution < 1.29 is 9.21 Å². The van der Waals surface area contributed by atoms with E-state index in [2.05, 4.69) is 19.1 Å². The first kappa shape index (κ1) is 11.9. The summed E-state index contributed by atoms with van der Waals surface area (Å²) in [6.45, 7) is 2.87. The third kappa shape index (κ3) is 2.08. The highest BCUT2D eigenvalue weighted by molar-refractivity contribution is 7.99. The van der Waals surface area contributed by atoms with Crippen molar-refractivity contribution in [3.63, 3.8) is 0 Å². The molecule has 1 atom stereocenters. The van der Waals surface area contributed by atoms with Gasteiger partial charge in [0.1, 0.15) is 5.37 Å². The van der Waals surface area contributed by atoms with Crippen LogP contribution in [0.3, 0.4) is 0 Å². The monoisotopic (exact) mass is 279 g/mol. The Morgan fingerprint density at radius 1 is 1.44 bits per heavy atom. The molecule has 18 heavy (non-hydrogen) atoms. The molecule has 2 aromatic rings. The van der Waals surface area contributed by atoms with E-state index in [1.807, 2.05) is 16.7 Å². The Labute approximate surface area is 114 Å². The standard InChI is InChI=1S/C13H13NO2S2/c1-9-4-5-11(18-9)13-14(6-8-17-13)12(15)10-3-2-7-16-10/h2-5,7,13H,6,8H2,1H3/t13-/m1/s1. The smallest absolute Gasteiger partial charge is 0.290 e. The fraction of sp³-hybridized carbons (Fsp3) is 0.308. The van der Waals surface area contributed by atoms with Gasteiger partial charge < -0.3 is 9.32 Å². The average Bonchev–Trinajstić information content (AvgIpc) is 3.09. The minimum Gasteiger partial charge on any atom is -0.459 e. The van der Waals surface area contributed by atoms with Crippen molar-refractivity contribution in [2.75, 3.05) is 12.3 Å². The van der Waals surface area contributed by atoms with Crippen LogP contribution >= 0.6 is 23.1 Å². The molecule has 3 nitrogen and oxygen atoms in total. The molecule has 0 N–H and O–H groups in total. The van der Waals surface area contributed by atoms with Crippen molar-refractivity contribution in [3.05, 3.63) is 46.0 Å². The Bertz CT molecular complexity index is 547. The Hall–Kier alpha value is -1.20. The maximum atomic E-state index is 12.3. The quantitative estimate of drug-likeness (QED) is 0.843. The average molecular weight is 279 g/mol. The van der Waals surface area contributed by atoms with Gasteiger partial charge in [-0.25, -0.2) is 0 Å². The summed E-state index contributed by atoms with van der Waals surface area (Å²) in [5, 5.41) is 0.140. The molecule has 0 unspecified atom stereocenters. The van der Waals surface area contributed by atoms with Crippen LogP contribution in [0.1, 0.15) is 25.7 Å². The molecule has 0 bridgehead atoms. The number of carbonyl (C=O) groups excluding carboxylic acids is 1. The van der Waals surface area contributed by atoms with Gasteiger partial charge >= 0.3 is 0 Å². The van der Waals surface area contributed by atoms with Gasteiger partial charge in [-0.15, -0.1) is 23.1 Å². The Balaban J connectivity index is 1.85. The van der Waals surface area contributed by atoms with Crippen molar-refractivity contribution in [2.45, 2.75) is 12.3 Å². The molecule has 0 radical (unpaired) electrons. The first-order valence-corrected chi connectivity index (χ1v) is 7.64. The third-order valence-electron chi connectivity index (χ3n) is 2.89. The molecule has 1 fully saturated rings. The summed E-state index contributed by atoms with van der Waals surface area (Å²) in [7, 11) is 0. The van der Waals surface area contributed by atoms with E-state index < -0.39 is 0 Å². The molecule has 3 heterocycles. The number of hydrogen-bond donors (Lipinski definition) is 0. The van der Waals surface area contributed by atoms with Crippen molar-refractivity contribution in [1.82, 2.24) is 4.90 Å². The first-order valence-electron chi connectivity index (χ1n) is 5.78. The van der Waals surface area contributed by atoms with Crippen LogP contribution in [0.15, 0.2) is 34.9 Å². The van der Waals surface area contributed by atoms with Gasteiger partial charge in [0, 0.05) is 22.1 Å². The highest BCUT2D eigenvalue weighted by Crippen LogP contribution is 2.41. The molecule has 2 aromatic heterocycles. The van der Waals surface area contributed by atoms with Crippen molar-refractivity contribution in [3.8, 4) is 0 Å². The van der Waals surface area contributed by atoms with Gasteiger partial charge in [0.25, 0.3) is 5.91 Å². The summed E-state index contributed by atoms with van der Waals surface area (Å²) in [5.74, 6) is 1.39. The summed E-state index contributed by atoms with van der Waals surface area (Å²) in [4.78, 5) is 16.7. The summed E-state index contributed by atoms with van der Waals surface area (Å²) in [5.41, 5.74) is 0. The summed E-state index contributed by atoms with van der Waals surface area (Å²) >= 11 is 3.57.